The Labute approximate surface area is 183 Å². The molecule has 172 valence electrons. The summed E-state index contributed by atoms with van der Waals surface area (Å²) in [5, 5.41) is 3.59. The first-order valence-corrected chi connectivity index (χ1v) is 10.5. The fraction of sp³-hybridized carbons (Fsp3) is 0.565. The van der Waals surface area contributed by atoms with Crippen molar-refractivity contribution in [1.82, 2.24) is 9.88 Å². The van der Waals surface area contributed by atoms with Crippen molar-refractivity contribution in [1.29, 1.82) is 0 Å². The molecule has 0 saturated heterocycles. The van der Waals surface area contributed by atoms with Crippen LogP contribution in [0.4, 0.5) is 4.79 Å². The lowest BCUT2D eigenvalue weighted by molar-refractivity contribution is 0.0511. The van der Waals surface area contributed by atoms with E-state index in [2.05, 4.69) is 12.2 Å². The summed E-state index contributed by atoms with van der Waals surface area (Å²) in [4.78, 5) is 24.1. The molecule has 0 fully saturated rings. The lowest BCUT2D eigenvalue weighted by Crippen LogP contribution is -2.36. The lowest BCUT2D eigenvalue weighted by Gasteiger charge is -2.22. The van der Waals surface area contributed by atoms with Crippen LogP contribution < -0.4 is 14.8 Å². The molecule has 2 aromatic rings. The summed E-state index contributed by atoms with van der Waals surface area (Å²) in [6.07, 6.45) is 1.41. The van der Waals surface area contributed by atoms with E-state index in [9.17, 15) is 9.59 Å². The third-order valence-corrected chi connectivity index (χ3v) is 4.84. The van der Waals surface area contributed by atoms with Gasteiger partial charge < -0.3 is 28.8 Å². The molecule has 0 aliphatic carbocycles. The molecule has 31 heavy (non-hydrogen) atoms. The Balaban J connectivity index is 2.19. The largest absolute Gasteiger partial charge is 0.495 e. The number of aromatic nitrogens is 1. The number of ether oxygens (including phenoxy) is 4. The molecule has 1 heterocycles. The standard InChI is InChI=1S/C23H34N2O6/c1-8-9-15(13-24-22(27)31-23(2,3)4)14-30-18-10-11-19(28-6)20-16(18)12-17(25(20)5)21(26)29-7/h10-12,15H,8-9,13-14H2,1-7H3,(H,24,27). The molecule has 1 amide bonds. The number of carbonyl (C=O) groups is 2. The van der Waals surface area contributed by atoms with Gasteiger partial charge in [0.05, 0.1) is 26.3 Å². The highest BCUT2D eigenvalue weighted by molar-refractivity contribution is 6.00. The number of hydrogen-bond donors (Lipinski definition) is 1. The SMILES string of the molecule is CCCC(CNC(=O)OC(C)(C)C)COc1ccc(OC)c2c1cc(C(=O)OC)n2C. The maximum Gasteiger partial charge on any atom is 0.407 e. The van der Waals surface area contributed by atoms with Crippen molar-refractivity contribution in [3.63, 3.8) is 0 Å². The smallest absolute Gasteiger partial charge is 0.407 e. The van der Waals surface area contributed by atoms with E-state index in [1.165, 1.54) is 7.11 Å². The van der Waals surface area contributed by atoms with E-state index in [0.29, 0.717) is 30.3 Å². The van der Waals surface area contributed by atoms with Crippen molar-refractivity contribution in [2.24, 2.45) is 13.0 Å². The molecule has 1 aromatic heterocycles. The molecule has 8 nitrogen and oxygen atoms in total. The molecule has 0 saturated carbocycles. The number of aryl methyl sites for hydroxylation is 1. The van der Waals surface area contributed by atoms with Gasteiger partial charge in [-0.05, 0) is 45.4 Å². The Hall–Kier alpha value is -2.90. The summed E-state index contributed by atoms with van der Waals surface area (Å²) in [5.41, 5.74) is 0.614. The maximum absolute atomic E-state index is 12.1. The van der Waals surface area contributed by atoms with Crippen LogP contribution in [0.2, 0.25) is 0 Å². The Morgan fingerprint density at radius 3 is 2.42 bits per heavy atom. The number of benzene rings is 1. The number of nitrogens with zero attached hydrogens (tertiary/aromatic N) is 1. The van der Waals surface area contributed by atoms with Crippen LogP contribution in [0, 0.1) is 5.92 Å². The highest BCUT2D eigenvalue weighted by Gasteiger charge is 2.21. The first-order chi connectivity index (χ1) is 14.6. The highest BCUT2D eigenvalue weighted by Crippen LogP contribution is 2.35. The molecule has 1 atom stereocenters. The van der Waals surface area contributed by atoms with E-state index in [1.54, 1.807) is 24.8 Å². The molecule has 0 aliphatic heterocycles. The number of amides is 1. The number of methoxy groups -OCH3 is 2. The van der Waals surface area contributed by atoms with Crippen molar-refractivity contribution >= 4 is 23.0 Å². The van der Waals surface area contributed by atoms with E-state index in [-0.39, 0.29) is 5.92 Å². The lowest BCUT2D eigenvalue weighted by atomic mass is 10.1. The molecule has 1 N–H and O–H groups in total. The van der Waals surface area contributed by atoms with Crippen LogP contribution in [0.1, 0.15) is 51.0 Å². The molecule has 0 aliphatic rings. The van der Waals surface area contributed by atoms with Gasteiger partial charge in [-0.15, -0.1) is 0 Å². The van der Waals surface area contributed by atoms with Crippen LogP contribution >= 0.6 is 0 Å². The quantitative estimate of drug-likeness (QED) is 0.592. The van der Waals surface area contributed by atoms with Gasteiger partial charge in [0, 0.05) is 24.9 Å². The summed E-state index contributed by atoms with van der Waals surface area (Å²) in [7, 11) is 4.72. The number of fused-ring (bicyclic) bond motifs is 1. The molecule has 1 aromatic carbocycles. The highest BCUT2D eigenvalue weighted by atomic mass is 16.6. The van der Waals surface area contributed by atoms with Crippen molar-refractivity contribution in [2.75, 3.05) is 27.4 Å². The predicted octanol–water partition coefficient (Wildman–Crippen LogP) is 4.29. The van der Waals surface area contributed by atoms with Gasteiger partial charge in [0.1, 0.15) is 22.8 Å². The first-order valence-electron chi connectivity index (χ1n) is 10.5. The topological polar surface area (TPSA) is 88.0 Å². The van der Waals surface area contributed by atoms with Gasteiger partial charge in [0.15, 0.2) is 0 Å². The first kappa shape index (κ1) is 24.4. The Morgan fingerprint density at radius 2 is 1.84 bits per heavy atom. The number of hydrogen-bond acceptors (Lipinski definition) is 6. The number of rotatable bonds is 9. The summed E-state index contributed by atoms with van der Waals surface area (Å²) < 4.78 is 23.5. The van der Waals surface area contributed by atoms with Crippen molar-refractivity contribution in [3.8, 4) is 11.5 Å². The zero-order chi connectivity index (χ0) is 23.2. The van der Waals surface area contributed by atoms with Crippen LogP contribution in [0.15, 0.2) is 18.2 Å². The van der Waals surface area contributed by atoms with E-state index >= 15 is 0 Å². The van der Waals surface area contributed by atoms with Gasteiger partial charge >= 0.3 is 12.1 Å². The minimum absolute atomic E-state index is 0.110. The van der Waals surface area contributed by atoms with E-state index in [4.69, 9.17) is 18.9 Å². The summed E-state index contributed by atoms with van der Waals surface area (Å²) >= 11 is 0. The van der Waals surface area contributed by atoms with Gasteiger partial charge in [-0.1, -0.05) is 13.3 Å². The second-order valence-electron chi connectivity index (χ2n) is 8.46. The van der Waals surface area contributed by atoms with Crippen LogP contribution in [0.25, 0.3) is 10.9 Å². The molecular formula is C23H34N2O6. The second-order valence-corrected chi connectivity index (χ2v) is 8.46. The minimum atomic E-state index is -0.541. The van der Waals surface area contributed by atoms with Crippen LogP contribution in [-0.4, -0.2) is 49.6 Å². The third kappa shape index (κ3) is 6.29. The van der Waals surface area contributed by atoms with Crippen molar-refractivity contribution < 1.29 is 28.5 Å². The molecule has 0 bridgehead atoms. The number of carbonyl (C=O) groups excluding carboxylic acids is 2. The van der Waals surface area contributed by atoms with E-state index < -0.39 is 17.7 Å². The normalized spacial score (nSPS) is 12.4. The van der Waals surface area contributed by atoms with E-state index in [1.807, 2.05) is 32.9 Å². The minimum Gasteiger partial charge on any atom is -0.495 e. The Kier molecular flexibility index (Phi) is 8.19. The molecule has 0 spiro atoms. The van der Waals surface area contributed by atoms with Gasteiger partial charge in [-0.25, -0.2) is 9.59 Å². The van der Waals surface area contributed by atoms with Gasteiger partial charge in [0.25, 0.3) is 0 Å². The monoisotopic (exact) mass is 434 g/mol. The van der Waals surface area contributed by atoms with Crippen molar-refractivity contribution in [3.05, 3.63) is 23.9 Å². The van der Waals surface area contributed by atoms with Crippen LogP contribution in [-0.2, 0) is 16.5 Å². The van der Waals surface area contributed by atoms with Crippen molar-refractivity contribution in [2.45, 2.75) is 46.1 Å². The average molecular weight is 435 g/mol. The molecule has 1 unspecified atom stereocenters. The summed E-state index contributed by atoms with van der Waals surface area (Å²) in [5.74, 6) is 0.951. The fourth-order valence-electron chi connectivity index (χ4n) is 3.40. The van der Waals surface area contributed by atoms with Crippen LogP contribution in [0.3, 0.4) is 0 Å². The second kappa shape index (κ2) is 10.4. The number of nitrogens with one attached hydrogen (secondary N) is 1. The van der Waals surface area contributed by atoms with Crippen LogP contribution in [0.5, 0.6) is 11.5 Å². The molecule has 8 heteroatoms. The zero-order valence-corrected chi connectivity index (χ0v) is 19.5. The average Bonchev–Trinajstić information content (AvgIpc) is 3.06. The molecule has 2 rings (SSSR count). The molecule has 0 radical (unpaired) electrons. The number of esters is 1. The Bertz CT molecular complexity index is 913. The van der Waals surface area contributed by atoms with E-state index in [0.717, 1.165) is 23.7 Å². The summed E-state index contributed by atoms with van der Waals surface area (Å²) in [6, 6.07) is 5.38. The molecular weight excluding hydrogens is 400 g/mol. The van der Waals surface area contributed by atoms with Gasteiger partial charge in [-0.2, -0.15) is 0 Å². The zero-order valence-electron chi connectivity index (χ0n) is 19.5. The predicted molar refractivity (Wildman–Crippen MR) is 119 cm³/mol. The fourth-order valence-corrected chi connectivity index (χ4v) is 3.40. The van der Waals surface area contributed by atoms with Gasteiger partial charge in [-0.3, -0.25) is 0 Å². The maximum atomic E-state index is 12.1. The number of alkyl carbamates (subject to hydrolysis) is 1. The Morgan fingerprint density at radius 1 is 1.16 bits per heavy atom. The van der Waals surface area contributed by atoms with Gasteiger partial charge in [0.2, 0.25) is 0 Å². The summed E-state index contributed by atoms with van der Waals surface area (Å²) in [6.45, 7) is 8.44. The third-order valence-electron chi connectivity index (χ3n) is 4.84.